The number of nitrogens with zero attached hydrogens (tertiary/aromatic N) is 3. The second-order valence-electron chi connectivity index (χ2n) is 7.49. The van der Waals surface area contributed by atoms with Crippen molar-refractivity contribution in [1.29, 1.82) is 0 Å². The molecule has 0 spiro atoms. The fraction of sp³-hybridized carbons (Fsp3) is 0.364. The molecule has 0 aromatic heterocycles. The van der Waals surface area contributed by atoms with Gasteiger partial charge in [0.15, 0.2) is 0 Å². The number of para-hydroxylation sites is 1. The lowest BCUT2D eigenvalue weighted by Crippen LogP contribution is -2.50. The van der Waals surface area contributed by atoms with Crippen LogP contribution in [0.2, 0.25) is 5.02 Å². The van der Waals surface area contributed by atoms with E-state index in [0.29, 0.717) is 24.7 Å². The molecule has 2 amide bonds. The predicted molar refractivity (Wildman–Crippen MR) is 112 cm³/mol. The van der Waals surface area contributed by atoms with Crippen LogP contribution in [0.5, 0.6) is 0 Å². The van der Waals surface area contributed by atoms with Gasteiger partial charge in [0.1, 0.15) is 0 Å². The molecule has 1 atom stereocenters. The molecule has 4 rings (SSSR count). The summed E-state index contributed by atoms with van der Waals surface area (Å²) in [4.78, 5) is 31.4. The van der Waals surface area contributed by atoms with Gasteiger partial charge in [-0.15, -0.1) is 0 Å². The maximum atomic E-state index is 13.0. The van der Waals surface area contributed by atoms with Gasteiger partial charge in [-0.1, -0.05) is 35.9 Å². The second-order valence-corrected chi connectivity index (χ2v) is 7.89. The summed E-state index contributed by atoms with van der Waals surface area (Å²) in [5, 5.41) is 0.636. The zero-order valence-corrected chi connectivity index (χ0v) is 16.7. The number of aryl methyl sites for hydroxylation is 1. The number of piperazine rings is 1. The lowest BCUT2D eigenvalue weighted by Gasteiger charge is -2.37. The number of rotatable bonds is 3. The van der Waals surface area contributed by atoms with E-state index in [1.165, 1.54) is 5.69 Å². The Hall–Kier alpha value is -2.53. The van der Waals surface area contributed by atoms with Crippen LogP contribution < -0.4 is 9.80 Å². The van der Waals surface area contributed by atoms with Gasteiger partial charge in [-0.2, -0.15) is 0 Å². The highest BCUT2D eigenvalue weighted by atomic mass is 35.5. The van der Waals surface area contributed by atoms with Crippen LogP contribution in [0.1, 0.15) is 12.0 Å². The molecule has 28 heavy (non-hydrogen) atoms. The molecule has 146 valence electrons. The van der Waals surface area contributed by atoms with Gasteiger partial charge in [-0.05, 0) is 36.8 Å². The molecule has 2 fully saturated rings. The molecule has 2 heterocycles. The van der Waals surface area contributed by atoms with E-state index in [0.717, 1.165) is 24.3 Å². The fourth-order valence-corrected chi connectivity index (χ4v) is 4.13. The molecule has 0 N–H and O–H groups in total. The van der Waals surface area contributed by atoms with Crippen LogP contribution in [-0.4, -0.2) is 49.4 Å². The lowest BCUT2D eigenvalue weighted by atomic mass is 10.1. The Bertz CT molecular complexity index is 879. The van der Waals surface area contributed by atoms with E-state index in [1.54, 1.807) is 11.0 Å². The van der Waals surface area contributed by atoms with E-state index in [2.05, 4.69) is 17.0 Å². The largest absolute Gasteiger partial charge is 0.368 e. The highest BCUT2D eigenvalue weighted by molar-refractivity contribution is 6.31. The third-order valence-electron chi connectivity index (χ3n) is 5.65. The molecule has 0 bridgehead atoms. The molecule has 1 unspecified atom stereocenters. The molecule has 2 saturated heterocycles. The second kappa shape index (κ2) is 7.84. The van der Waals surface area contributed by atoms with E-state index in [1.807, 2.05) is 42.2 Å². The van der Waals surface area contributed by atoms with Gasteiger partial charge in [0, 0.05) is 55.5 Å². The number of anilines is 2. The van der Waals surface area contributed by atoms with Crippen LogP contribution in [-0.2, 0) is 9.59 Å². The highest BCUT2D eigenvalue weighted by Crippen LogP contribution is 2.30. The molecule has 6 heteroatoms. The van der Waals surface area contributed by atoms with Gasteiger partial charge in [0.25, 0.3) is 0 Å². The molecular formula is C22H24ClN3O2. The summed E-state index contributed by atoms with van der Waals surface area (Å²) in [5.74, 6) is -0.209. The number of carbonyl (C=O) groups excluding carboxylic acids is 2. The zero-order valence-electron chi connectivity index (χ0n) is 16.0. The molecule has 2 aromatic rings. The van der Waals surface area contributed by atoms with E-state index in [4.69, 9.17) is 11.6 Å². The maximum absolute atomic E-state index is 13.0. The van der Waals surface area contributed by atoms with Crippen molar-refractivity contribution in [3.63, 3.8) is 0 Å². The molecular weight excluding hydrogens is 374 g/mol. The van der Waals surface area contributed by atoms with Crippen LogP contribution >= 0.6 is 11.6 Å². The first-order chi connectivity index (χ1) is 13.5. The topological polar surface area (TPSA) is 43.9 Å². The van der Waals surface area contributed by atoms with Crippen LogP contribution in [0, 0.1) is 12.8 Å². The number of hydrogen-bond acceptors (Lipinski definition) is 3. The van der Waals surface area contributed by atoms with Crippen molar-refractivity contribution >= 4 is 34.8 Å². The fourth-order valence-electron chi connectivity index (χ4n) is 3.95. The average molecular weight is 398 g/mol. The summed E-state index contributed by atoms with van der Waals surface area (Å²) in [6.45, 7) is 5.36. The first-order valence-corrected chi connectivity index (χ1v) is 10.1. The lowest BCUT2D eigenvalue weighted by molar-refractivity contribution is -0.136. The molecule has 2 aromatic carbocycles. The predicted octanol–water partition coefficient (Wildman–Crippen LogP) is 3.35. The Kier molecular flexibility index (Phi) is 5.27. The Balaban J connectivity index is 1.38. The van der Waals surface area contributed by atoms with Crippen molar-refractivity contribution < 1.29 is 9.59 Å². The number of halogens is 1. The van der Waals surface area contributed by atoms with Crippen LogP contribution in [0.15, 0.2) is 48.5 Å². The smallest absolute Gasteiger partial charge is 0.228 e. The molecule has 5 nitrogen and oxygen atoms in total. The summed E-state index contributed by atoms with van der Waals surface area (Å²) >= 11 is 6.21. The Morgan fingerprint density at radius 1 is 1.00 bits per heavy atom. The Labute approximate surface area is 170 Å². The molecule has 0 aliphatic carbocycles. The van der Waals surface area contributed by atoms with Gasteiger partial charge >= 0.3 is 0 Å². The van der Waals surface area contributed by atoms with Crippen LogP contribution in [0.3, 0.4) is 0 Å². The van der Waals surface area contributed by atoms with Gasteiger partial charge < -0.3 is 14.7 Å². The van der Waals surface area contributed by atoms with Crippen molar-refractivity contribution in [3.05, 3.63) is 59.1 Å². The Morgan fingerprint density at radius 2 is 1.71 bits per heavy atom. The summed E-state index contributed by atoms with van der Waals surface area (Å²) in [6, 6.07) is 15.9. The quantitative estimate of drug-likeness (QED) is 0.797. The van der Waals surface area contributed by atoms with Crippen LogP contribution in [0.4, 0.5) is 11.4 Å². The number of hydrogen-bond donors (Lipinski definition) is 0. The van der Waals surface area contributed by atoms with Crippen molar-refractivity contribution in [3.8, 4) is 0 Å². The molecule has 0 radical (unpaired) electrons. The minimum Gasteiger partial charge on any atom is -0.368 e. The first-order valence-electron chi connectivity index (χ1n) is 9.68. The number of carbonyl (C=O) groups is 2. The van der Waals surface area contributed by atoms with Crippen molar-refractivity contribution in [2.45, 2.75) is 13.3 Å². The van der Waals surface area contributed by atoms with E-state index in [-0.39, 0.29) is 24.2 Å². The minimum absolute atomic E-state index is 0.0128. The summed E-state index contributed by atoms with van der Waals surface area (Å²) in [5.41, 5.74) is 2.93. The highest BCUT2D eigenvalue weighted by Gasteiger charge is 2.38. The van der Waals surface area contributed by atoms with Gasteiger partial charge in [0.2, 0.25) is 11.8 Å². The average Bonchev–Trinajstić information content (AvgIpc) is 3.12. The summed E-state index contributed by atoms with van der Waals surface area (Å²) in [6.07, 6.45) is 0.267. The maximum Gasteiger partial charge on any atom is 0.228 e. The van der Waals surface area contributed by atoms with Crippen molar-refractivity contribution in [2.75, 3.05) is 42.5 Å². The van der Waals surface area contributed by atoms with Crippen molar-refractivity contribution in [1.82, 2.24) is 4.90 Å². The summed E-state index contributed by atoms with van der Waals surface area (Å²) < 4.78 is 0. The third kappa shape index (κ3) is 3.72. The monoisotopic (exact) mass is 397 g/mol. The normalized spacial score (nSPS) is 20.0. The van der Waals surface area contributed by atoms with Crippen molar-refractivity contribution in [2.24, 2.45) is 5.92 Å². The van der Waals surface area contributed by atoms with Crippen LogP contribution in [0.25, 0.3) is 0 Å². The third-order valence-corrected chi connectivity index (χ3v) is 6.06. The molecule has 0 saturated carbocycles. The first kappa shape index (κ1) is 18.8. The summed E-state index contributed by atoms with van der Waals surface area (Å²) in [7, 11) is 0. The van der Waals surface area contributed by atoms with Gasteiger partial charge in [-0.3, -0.25) is 9.59 Å². The van der Waals surface area contributed by atoms with Gasteiger partial charge in [0.05, 0.1) is 5.92 Å². The van der Waals surface area contributed by atoms with E-state index in [9.17, 15) is 9.59 Å². The SMILES string of the molecule is Cc1ccc(N2CC(C(=O)N3CCN(c4ccccc4)CC3)CC2=O)cc1Cl. The standard InChI is InChI=1S/C22H24ClN3O2/c1-16-7-8-19(14-20(16)23)26-15-17(13-21(26)27)22(28)25-11-9-24(10-12-25)18-5-3-2-4-6-18/h2-8,14,17H,9-13,15H2,1H3. The van der Waals surface area contributed by atoms with E-state index < -0.39 is 0 Å². The zero-order chi connectivity index (χ0) is 19.7. The number of amides is 2. The minimum atomic E-state index is -0.282. The Morgan fingerprint density at radius 3 is 2.39 bits per heavy atom. The molecule has 2 aliphatic rings. The van der Waals surface area contributed by atoms with E-state index >= 15 is 0 Å². The van der Waals surface area contributed by atoms with Gasteiger partial charge in [-0.25, -0.2) is 0 Å². The molecule has 2 aliphatic heterocycles. The number of benzene rings is 2.